The Bertz CT molecular complexity index is 770. The van der Waals surface area contributed by atoms with Crippen LogP contribution in [0.3, 0.4) is 0 Å². The summed E-state index contributed by atoms with van der Waals surface area (Å²) in [4.78, 5) is 12.0. The first-order valence-corrected chi connectivity index (χ1v) is 6.96. The van der Waals surface area contributed by atoms with Gasteiger partial charge in [-0.1, -0.05) is 0 Å². The van der Waals surface area contributed by atoms with Gasteiger partial charge in [-0.15, -0.1) is 0 Å². The zero-order valence-electron chi connectivity index (χ0n) is 12.5. The molecule has 10 heteroatoms. The minimum atomic E-state index is -1.31. The number of aliphatic imine (C=N–C) groups is 1. The van der Waals surface area contributed by atoms with Crippen LogP contribution in [0.25, 0.3) is 6.26 Å². The number of aliphatic hydroxyl groups excluding tert-OH is 3. The maximum Gasteiger partial charge on any atom is 0.176 e. The highest BCUT2D eigenvalue weighted by atomic mass is 16.6. The number of hydrogen-bond acceptors (Lipinski definition) is 8. The molecule has 0 saturated carbocycles. The quantitative estimate of drug-likeness (QED) is 0.474. The molecule has 5 atom stereocenters. The van der Waals surface area contributed by atoms with Crippen LogP contribution in [0, 0.1) is 5.41 Å². The number of hydrogen-bond donors (Lipinski definition) is 4. The monoisotopic (exact) mass is 323 g/mol. The molecule has 2 aliphatic heterocycles. The largest absolute Gasteiger partial charge is 0.500 e. The summed E-state index contributed by atoms with van der Waals surface area (Å²) in [7, 11) is 1.43. The van der Waals surface area contributed by atoms with Gasteiger partial charge in [0.25, 0.3) is 0 Å². The van der Waals surface area contributed by atoms with Gasteiger partial charge in [0.05, 0.1) is 13.2 Å². The van der Waals surface area contributed by atoms with E-state index in [0.29, 0.717) is 0 Å². The third kappa shape index (κ3) is 2.45. The van der Waals surface area contributed by atoms with Crippen molar-refractivity contribution >= 4 is 18.4 Å². The Labute approximate surface area is 130 Å². The predicted molar refractivity (Wildman–Crippen MR) is 77.4 cm³/mol. The molecule has 4 N–H and O–H groups in total. The topological polar surface area (TPSA) is 146 Å². The molecule has 0 aliphatic carbocycles. The summed E-state index contributed by atoms with van der Waals surface area (Å²) in [6.07, 6.45) is -3.05. The molecule has 3 rings (SSSR count). The van der Waals surface area contributed by atoms with Gasteiger partial charge in [0.2, 0.25) is 0 Å². The first-order chi connectivity index (χ1) is 11.0. The standard InChI is InChI=1S/C13H17N5O5/c1-5(19)10-8(20)9(21)13(23-10)18-6(3-22-2)17-7-11(14)15-4-16-12(7)18/h3-5,8-10,13-14,19-21H,1-2H3/t5-,8+,9-,10-,13-/m1/s1. The van der Waals surface area contributed by atoms with E-state index in [1.54, 1.807) is 0 Å². The number of imidazole rings is 1. The summed E-state index contributed by atoms with van der Waals surface area (Å²) < 4.78 is 12.0. The summed E-state index contributed by atoms with van der Waals surface area (Å²) >= 11 is 0. The van der Waals surface area contributed by atoms with E-state index in [0.717, 1.165) is 0 Å². The molecule has 1 aromatic rings. The lowest BCUT2D eigenvalue weighted by atomic mass is 10.1. The van der Waals surface area contributed by atoms with E-state index in [9.17, 15) is 15.3 Å². The minimum Gasteiger partial charge on any atom is -0.500 e. The number of amidine groups is 1. The molecule has 0 amide bonds. The highest BCUT2D eigenvalue weighted by Gasteiger charge is 2.46. The van der Waals surface area contributed by atoms with Gasteiger partial charge >= 0.3 is 0 Å². The Hall–Kier alpha value is -2.14. The summed E-state index contributed by atoms with van der Waals surface area (Å²) in [5.41, 5.74) is 0.719. The van der Waals surface area contributed by atoms with Gasteiger partial charge in [-0.25, -0.2) is 15.0 Å². The molecule has 3 heterocycles. The van der Waals surface area contributed by atoms with Gasteiger partial charge in [-0.05, 0) is 6.92 Å². The van der Waals surface area contributed by atoms with Crippen LogP contribution >= 0.6 is 0 Å². The van der Waals surface area contributed by atoms with Crippen LogP contribution in [0.1, 0.15) is 18.8 Å². The number of rotatable bonds is 3. The summed E-state index contributed by atoms with van der Waals surface area (Å²) in [6, 6.07) is 0. The van der Waals surface area contributed by atoms with Gasteiger partial charge in [-0.2, -0.15) is 0 Å². The number of nitrogens with zero attached hydrogens (tertiary/aromatic N) is 4. The van der Waals surface area contributed by atoms with Crippen molar-refractivity contribution in [2.24, 2.45) is 9.98 Å². The van der Waals surface area contributed by atoms with E-state index in [-0.39, 0.29) is 22.5 Å². The Morgan fingerprint density at radius 2 is 2.17 bits per heavy atom. The Kier molecular flexibility index (Phi) is 3.98. The normalized spacial score (nSPS) is 31.9. The van der Waals surface area contributed by atoms with Crippen molar-refractivity contribution in [2.45, 2.75) is 37.6 Å². The third-order valence-corrected chi connectivity index (χ3v) is 3.73. The molecular weight excluding hydrogens is 306 g/mol. The van der Waals surface area contributed by atoms with E-state index in [1.807, 2.05) is 0 Å². The maximum atomic E-state index is 10.3. The Morgan fingerprint density at radius 3 is 2.78 bits per heavy atom. The highest BCUT2D eigenvalue weighted by Crippen LogP contribution is 2.29. The van der Waals surface area contributed by atoms with Gasteiger partial charge in [-0.3, -0.25) is 9.98 Å². The summed E-state index contributed by atoms with van der Waals surface area (Å²) in [5.74, 6) is -0.0837. The second kappa shape index (κ2) is 5.81. The van der Waals surface area contributed by atoms with Gasteiger partial charge < -0.3 is 24.8 Å². The van der Waals surface area contributed by atoms with Gasteiger partial charge in [0, 0.05) is 0 Å². The number of aromatic nitrogens is 2. The van der Waals surface area contributed by atoms with Crippen molar-refractivity contribution in [3.05, 3.63) is 16.7 Å². The van der Waals surface area contributed by atoms with E-state index in [4.69, 9.17) is 14.9 Å². The molecular formula is C13H17N5O5. The van der Waals surface area contributed by atoms with Crippen molar-refractivity contribution in [2.75, 3.05) is 7.11 Å². The molecule has 0 radical (unpaired) electrons. The van der Waals surface area contributed by atoms with Crippen LogP contribution in [0.5, 0.6) is 0 Å². The summed E-state index contributed by atoms with van der Waals surface area (Å²) in [5, 5.41) is 37.8. The minimum absolute atomic E-state index is 0.0837. The van der Waals surface area contributed by atoms with E-state index in [1.165, 1.54) is 31.2 Å². The second-order valence-electron chi connectivity index (χ2n) is 5.30. The Morgan fingerprint density at radius 1 is 1.43 bits per heavy atom. The molecule has 1 aromatic heterocycles. The number of aliphatic hydroxyl groups is 3. The second-order valence-corrected chi connectivity index (χ2v) is 5.30. The average Bonchev–Trinajstić information content (AvgIpc) is 3.00. The molecule has 23 heavy (non-hydrogen) atoms. The molecule has 2 aliphatic rings. The van der Waals surface area contributed by atoms with Gasteiger partial charge in [0.1, 0.15) is 30.9 Å². The van der Waals surface area contributed by atoms with Crippen molar-refractivity contribution < 1.29 is 24.8 Å². The number of methoxy groups -OCH3 is 1. The smallest absolute Gasteiger partial charge is 0.176 e. The molecule has 0 bridgehead atoms. The first kappa shape index (κ1) is 15.7. The van der Waals surface area contributed by atoms with Crippen LogP contribution in [-0.4, -0.2) is 68.6 Å². The van der Waals surface area contributed by atoms with E-state index in [2.05, 4.69) is 15.0 Å². The fraction of sp³-hybridized carbons (Fsp3) is 0.538. The van der Waals surface area contributed by atoms with Crippen LogP contribution in [0.15, 0.2) is 9.98 Å². The third-order valence-electron chi connectivity index (χ3n) is 3.73. The fourth-order valence-corrected chi connectivity index (χ4v) is 2.66. The first-order valence-electron chi connectivity index (χ1n) is 6.96. The van der Waals surface area contributed by atoms with Crippen LogP contribution in [0.2, 0.25) is 0 Å². The molecule has 0 spiro atoms. The van der Waals surface area contributed by atoms with Crippen LogP contribution in [0.4, 0.5) is 0 Å². The lowest BCUT2D eigenvalue weighted by molar-refractivity contribution is -0.0810. The molecule has 1 saturated heterocycles. The van der Waals surface area contributed by atoms with Crippen molar-refractivity contribution in [1.82, 2.24) is 9.55 Å². The molecule has 124 valence electrons. The maximum absolute atomic E-state index is 10.3. The van der Waals surface area contributed by atoms with Gasteiger partial charge in [0.15, 0.2) is 28.7 Å². The van der Waals surface area contributed by atoms with Crippen LogP contribution in [-0.2, 0) is 9.47 Å². The van der Waals surface area contributed by atoms with E-state index < -0.39 is 30.6 Å². The fourth-order valence-electron chi connectivity index (χ4n) is 2.66. The zero-order chi connectivity index (χ0) is 16.7. The zero-order valence-corrected chi connectivity index (χ0v) is 12.5. The number of nitrogens with one attached hydrogen (secondary N) is 1. The Balaban J connectivity index is 2.16. The molecule has 1 fully saturated rings. The molecule has 0 aromatic carbocycles. The lowest BCUT2D eigenvalue weighted by Gasteiger charge is -2.17. The number of fused-ring (bicyclic) bond motifs is 1. The van der Waals surface area contributed by atoms with Crippen molar-refractivity contribution in [1.29, 1.82) is 5.41 Å². The van der Waals surface area contributed by atoms with Crippen molar-refractivity contribution in [3.8, 4) is 0 Å². The highest BCUT2D eigenvalue weighted by molar-refractivity contribution is 6.00. The number of ether oxygens (including phenoxy) is 2. The predicted octanol–water partition coefficient (Wildman–Crippen LogP) is -2.75. The lowest BCUT2D eigenvalue weighted by Crippen LogP contribution is -2.40. The van der Waals surface area contributed by atoms with Crippen LogP contribution < -0.4 is 11.0 Å². The van der Waals surface area contributed by atoms with E-state index >= 15 is 0 Å². The SMILES string of the molecule is COC=c1nc2c(n1[C@@H]1O[C@H]([C@@H](C)O)[C@@H](O)[C@H]1O)=NC=NC2=N. The van der Waals surface area contributed by atoms with Crippen molar-refractivity contribution in [3.63, 3.8) is 0 Å². The average molecular weight is 323 g/mol. The molecule has 10 nitrogen and oxygen atoms in total. The summed E-state index contributed by atoms with van der Waals surface area (Å²) in [6.45, 7) is 1.46. The molecule has 0 unspecified atom stereocenters.